The lowest BCUT2D eigenvalue weighted by Gasteiger charge is -2.24. The lowest BCUT2D eigenvalue weighted by molar-refractivity contribution is -0.286. The fourth-order valence-electron chi connectivity index (χ4n) is 2.57. The average molecular weight is 285 g/mol. The Morgan fingerprint density at radius 3 is 2.90 bits per heavy atom. The Labute approximate surface area is 114 Å². The van der Waals surface area contributed by atoms with E-state index in [0.717, 1.165) is 6.42 Å². The Morgan fingerprint density at radius 1 is 1.40 bits per heavy atom. The standard InChI is InChI=1S/C13H13F2NO4/c1-18-12(17)9-3-2-6-16(9)8-4-5-10-11(7-8)20-13(14,15)19-10/h4-5,7,9H,2-3,6H2,1H3/t9-/m1/s1. The maximum absolute atomic E-state index is 13.0. The zero-order valence-corrected chi connectivity index (χ0v) is 10.8. The monoisotopic (exact) mass is 285 g/mol. The van der Waals surface area contributed by atoms with Crippen LogP contribution in [0.15, 0.2) is 18.2 Å². The number of rotatable bonds is 2. The number of anilines is 1. The molecule has 2 heterocycles. The zero-order chi connectivity index (χ0) is 14.3. The van der Waals surface area contributed by atoms with Crippen LogP contribution < -0.4 is 14.4 Å². The van der Waals surface area contributed by atoms with E-state index in [-0.39, 0.29) is 23.5 Å². The van der Waals surface area contributed by atoms with Gasteiger partial charge in [0.2, 0.25) is 0 Å². The predicted molar refractivity (Wildman–Crippen MR) is 65.0 cm³/mol. The van der Waals surface area contributed by atoms with Crippen molar-refractivity contribution in [3.63, 3.8) is 0 Å². The minimum Gasteiger partial charge on any atom is -0.467 e. The van der Waals surface area contributed by atoms with Crippen LogP contribution in [0.4, 0.5) is 14.5 Å². The molecular weight excluding hydrogens is 272 g/mol. The molecule has 7 heteroatoms. The Kier molecular flexibility index (Phi) is 2.92. The topological polar surface area (TPSA) is 48.0 Å². The summed E-state index contributed by atoms with van der Waals surface area (Å²) in [6.07, 6.45) is -2.12. The van der Waals surface area contributed by atoms with Gasteiger partial charge in [-0.3, -0.25) is 0 Å². The molecular formula is C13H13F2NO4. The molecule has 0 amide bonds. The average Bonchev–Trinajstić information content (AvgIpc) is 2.98. The van der Waals surface area contributed by atoms with Gasteiger partial charge in [0.25, 0.3) is 0 Å². The lowest BCUT2D eigenvalue weighted by atomic mass is 10.2. The van der Waals surface area contributed by atoms with Crippen LogP contribution in [0.5, 0.6) is 11.5 Å². The van der Waals surface area contributed by atoms with Gasteiger partial charge in [0.05, 0.1) is 7.11 Å². The highest BCUT2D eigenvalue weighted by Crippen LogP contribution is 2.43. The first-order chi connectivity index (χ1) is 9.50. The molecule has 20 heavy (non-hydrogen) atoms. The molecule has 0 aliphatic carbocycles. The normalized spacial score (nSPS) is 22.9. The van der Waals surface area contributed by atoms with E-state index in [1.54, 1.807) is 6.07 Å². The van der Waals surface area contributed by atoms with Crippen molar-refractivity contribution in [1.29, 1.82) is 0 Å². The molecule has 0 unspecified atom stereocenters. The van der Waals surface area contributed by atoms with Gasteiger partial charge in [-0.15, -0.1) is 8.78 Å². The Balaban J connectivity index is 1.87. The number of fused-ring (bicyclic) bond motifs is 1. The van der Waals surface area contributed by atoms with E-state index in [2.05, 4.69) is 9.47 Å². The zero-order valence-electron chi connectivity index (χ0n) is 10.8. The number of alkyl halides is 2. The second-order valence-corrected chi connectivity index (χ2v) is 4.67. The van der Waals surface area contributed by atoms with Gasteiger partial charge in [0, 0.05) is 18.3 Å². The molecule has 1 aromatic carbocycles. The number of carbonyl (C=O) groups is 1. The number of methoxy groups -OCH3 is 1. The minimum atomic E-state index is -3.63. The summed E-state index contributed by atoms with van der Waals surface area (Å²) in [5.74, 6) is -0.360. The van der Waals surface area contributed by atoms with Crippen molar-refractivity contribution >= 4 is 11.7 Å². The highest BCUT2D eigenvalue weighted by molar-refractivity contribution is 5.81. The fraction of sp³-hybridized carbons (Fsp3) is 0.462. The Morgan fingerprint density at radius 2 is 2.15 bits per heavy atom. The van der Waals surface area contributed by atoms with Crippen LogP contribution in [0, 0.1) is 0 Å². The predicted octanol–water partition coefficient (Wildman–Crippen LogP) is 2.15. The molecule has 5 nitrogen and oxygen atoms in total. The first kappa shape index (κ1) is 13.0. The fourth-order valence-corrected chi connectivity index (χ4v) is 2.57. The quantitative estimate of drug-likeness (QED) is 0.779. The van der Waals surface area contributed by atoms with Crippen LogP contribution in [-0.4, -0.2) is 32.0 Å². The van der Waals surface area contributed by atoms with E-state index in [1.165, 1.54) is 19.2 Å². The van der Waals surface area contributed by atoms with E-state index < -0.39 is 6.29 Å². The maximum Gasteiger partial charge on any atom is 0.586 e. The highest BCUT2D eigenvalue weighted by Gasteiger charge is 2.44. The van der Waals surface area contributed by atoms with Crippen molar-refractivity contribution in [2.45, 2.75) is 25.2 Å². The maximum atomic E-state index is 13.0. The van der Waals surface area contributed by atoms with Gasteiger partial charge in [-0.1, -0.05) is 0 Å². The van der Waals surface area contributed by atoms with Gasteiger partial charge >= 0.3 is 12.3 Å². The number of hydrogen-bond acceptors (Lipinski definition) is 5. The number of ether oxygens (including phenoxy) is 3. The summed E-state index contributed by atoms with van der Waals surface area (Å²) in [6.45, 7) is 0.663. The van der Waals surface area contributed by atoms with Crippen molar-refractivity contribution in [1.82, 2.24) is 0 Å². The molecule has 0 spiro atoms. The lowest BCUT2D eigenvalue weighted by Crippen LogP contribution is -2.36. The van der Waals surface area contributed by atoms with Crippen molar-refractivity contribution in [3.8, 4) is 11.5 Å². The van der Waals surface area contributed by atoms with E-state index in [9.17, 15) is 13.6 Å². The third-order valence-electron chi connectivity index (χ3n) is 3.44. The van der Waals surface area contributed by atoms with Gasteiger partial charge < -0.3 is 19.1 Å². The Hall–Kier alpha value is -2.05. The first-order valence-electron chi connectivity index (χ1n) is 6.24. The number of esters is 1. The van der Waals surface area contributed by atoms with Crippen LogP contribution in [0.3, 0.4) is 0 Å². The van der Waals surface area contributed by atoms with Gasteiger partial charge in [0.15, 0.2) is 11.5 Å². The number of nitrogens with zero attached hydrogens (tertiary/aromatic N) is 1. The summed E-state index contributed by atoms with van der Waals surface area (Å²) in [6, 6.07) is 4.11. The van der Waals surface area contributed by atoms with Crippen LogP contribution in [0.2, 0.25) is 0 Å². The summed E-state index contributed by atoms with van der Waals surface area (Å²) < 4.78 is 39.5. The molecule has 2 aliphatic heterocycles. The van der Waals surface area contributed by atoms with E-state index in [0.29, 0.717) is 18.7 Å². The first-order valence-corrected chi connectivity index (χ1v) is 6.24. The molecule has 2 aliphatic rings. The van der Waals surface area contributed by atoms with Crippen molar-refractivity contribution in [2.24, 2.45) is 0 Å². The summed E-state index contributed by atoms with van der Waals surface area (Å²) in [4.78, 5) is 13.5. The van der Waals surface area contributed by atoms with Crippen molar-refractivity contribution in [3.05, 3.63) is 18.2 Å². The van der Waals surface area contributed by atoms with Crippen LogP contribution in [-0.2, 0) is 9.53 Å². The molecule has 1 saturated heterocycles. The summed E-state index contributed by atoms with van der Waals surface area (Å²) >= 11 is 0. The van der Waals surface area contributed by atoms with E-state index in [4.69, 9.17) is 4.74 Å². The van der Waals surface area contributed by atoms with Gasteiger partial charge in [-0.25, -0.2) is 4.79 Å². The Bertz CT molecular complexity index is 549. The molecule has 0 saturated carbocycles. The molecule has 0 bridgehead atoms. The van der Waals surface area contributed by atoms with Crippen LogP contribution >= 0.6 is 0 Å². The number of carbonyl (C=O) groups excluding carboxylic acids is 1. The molecule has 3 rings (SSSR count). The number of benzene rings is 1. The summed E-state index contributed by atoms with van der Waals surface area (Å²) in [5, 5.41) is 0. The van der Waals surface area contributed by atoms with Gasteiger partial charge in [-0.2, -0.15) is 0 Å². The molecule has 108 valence electrons. The summed E-state index contributed by atoms with van der Waals surface area (Å²) in [7, 11) is 1.33. The smallest absolute Gasteiger partial charge is 0.467 e. The number of halogens is 2. The second-order valence-electron chi connectivity index (χ2n) is 4.67. The highest BCUT2D eigenvalue weighted by atomic mass is 19.3. The minimum absolute atomic E-state index is 0.00688. The molecule has 1 atom stereocenters. The van der Waals surface area contributed by atoms with Crippen molar-refractivity contribution < 1.29 is 27.8 Å². The molecule has 0 aromatic heterocycles. The van der Waals surface area contributed by atoms with Crippen molar-refractivity contribution in [2.75, 3.05) is 18.6 Å². The van der Waals surface area contributed by atoms with E-state index in [1.807, 2.05) is 4.90 Å². The largest absolute Gasteiger partial charge is 0.586 e. The molecule has 0 radical (unpaired) electrons. The summed E-state index contributed by atoms with van der Waals surface area (Å²) in [5.41, 5.74) is 0.637. The van der Waals surface area contributed by atoms with Gasteiger partial charge in [0.1, 0.15) is 6.04 Å². The SMILES string of the molecule is COC(=O)[C@H]1CCCN1c1ccc2c(c1)OC(F)(F)O2. The third kappa shape index (κ3) is 2.13. The van der Waals surface area contributed by atoms with Gasteiger partial charge in [-0.05, 0) is 25.0 Å². The van der Waals surface area contributed by atoms with E-state index >= 15 is 0 Å². The number of hydrogen-bond donors (Lipinski definition) is 0. The third-order valence-corrected chi connectivity index (χ3v) is 3.44. The molecule has 1 aromatic rings. The second kappa shape index (κ2) is 4.50. The van der Waals surface area contributed by atoms with Crippen LogP contribution in [0.25, 0.3) is 0 Å². The molecule has 0 N–H and O–H groups in total. The molecule has 1 fully saturated rings. The van der Waals surface area contributed by atoms with Crippen LogP contribution in [0.1, 0.15) is 12.8 Å².